The highest BCUT2D eigenvalue weighted by Gasteiger charge is 2.26. The first-order valence-electron chi connectivity index (χ1n) is 10.7. The standard InChI is InChI=1S/C23H23N7O2/c1-10-20(11(2)32-30-10)15-7-17-14(8-18(15)31-4)21-22(26-17)24-12(3)25-23(21)27-19-9-16(28-29-19)13-5-6-13/h7-9,13H,5-6H2,1-4H3,(H3,24,25,26,27,28,29). The molecule has 1 aromatic carbocycles. The normalized spacial score (nSPS) is 13.9. The first-order chi connectivity index (χ1) is 15.5. The first-order valence-corrected chi connectivity index (χ1v) is 10.7. The molecule has 0 saturated heterocycles. The number of anilines is 2. The van der Waals surface area contributed by atoms with Crippen LogP contribution in [-0.4, -0.2) is 37.4 Å². The number of nitrogens with one attached hydrogen (secondary N) is 3. The molecule has 1 aliphatic rings. The Morgan fingerprint density at radius 1 is 1.12 bits per heavy atom. The lowest BCUT2D eigenvalue weighted by atomic mass is 10.0. The van der Waals surface area contributed by atoms with Gasteiger partial charge in [-0.1, -0.05) is 5.16 Å². The molecule has 0 aliphatic heterocycles. The van der Waals surface area contributed by atoms with Gasteiger partial charge in [0.1, 0.15) is 34.6 Å². The molecule has 0 spiro atoms. The third kappa shape index (κ3) is 2.92. The van der Waals surface area contributed by atoms with Gasteiger partial charge in [-0.05, 0) is 45.7 Å². The SMILES string of the molecule is COc1cc2c(cc1-c1c(C)noc1C)[nH]c1nc(C)nc(Nc3cc(C4CC4)n[nH]3)c12. The van der Waals surface area contributed by atoms with E-state index in [1.165, 1.54) is 12.8 Å². The highest BCUT2D eigenvalue weighted by atomic mass is 16.5. The molecule has 32 heavy (non-hydrogen) atoms. The van der Waals surface area contributed by atoms with Gasteiger partial charge in [0.25, 0.3) is 0 Å². The van der Waals surface area contributed by atoms with Crippen LogP contribution in [0.3, 0.4) is 0 Å². The van der Waals surface area contributed by atoms with Gasteiger partial charge in [0.2, 0.25) is 0 Å². The molecule has 0 atom stereocenters. The average Bonchev–Trinajstić information content (AvgIpc) is 3.27. The molecule has 4 aromatic heterocycles. The van der Waals surface area contributed by atoms with Crippen molar-refractivity contribution in [1.29, 1.82) is 0 Å². The number of nitrogens with zero attached hydrogens (tertiary/aromatic N) is 4. The summed E-state index contributed by atoms with van der Waals surface area (Å²) in [5.74, 6) is 4.27. The second kappa shape index (κ2) is 6.81. The minimum Gasteiger partial charge on any atom is -0.496 e. The highest BCUT2D eigenvalue weighted by molar-refractivity contribution is 6.13. The first kappa shape index (κ1) is 18.9. The number of aromatic amines is 2. The van der Waals surface area contributed by atoms with Crippen molar-refractivity contribution < 1.29 is 9.26 Å². The molecule has 0 amide bonds. The summed E-state index contributed by atoms with van der Waals surface area (Å²) in [4.78, 5) is 12.8. The van der Waals surface area contributed by atoms with E-state index in [1.54, 1.807) is 7.11 Å². The molecular formula is C23H23N7O2. The van der Waals surface area contributed by atoms with Crippen LogP contribution >= 0.6 is 0 Å². The molecule has 3 N–H and O–H groups in total. The second-order valence-electron chi connectivity index (χ2n) is 8.37. The molecule has 0 radical (unpaired) electrons. The number of rotatable bonds is 5. The van der Waals surface area contributed by atoms with E-state index >= 15 is 0 Å². The summed E-state index contributed by atoms with van der Waals surface area (Å²) in [6.45, 7) is 5.72. The molecule has 1 fully saturated rings. The zero-order valence-electron chi connectivity index (χ0n) is 18.3. The van der Waals surface area contributed by atoms with E-state index in [4.69, 9.17) is 9.26 Å². The van der Waals surface area contributed by atoms with Gasteiger partial charge in [0.15, 0.2) is 0 Å². The smallest absolute Gasteiger partial charge is 0.145 e. The van der Waals surface area contributed by atoms with Gasteiger partial charge in [0.05, 0.1) is 29.4 Å². The molecule has 0 unspecified atom stereocenters. The summed E-state index contributed by atoms with van der Waals surface area (Å²) < 4.78 is 11.2. The van der Waals surface area contributed by atoms with Gasteiger partial charge in [-0.2, -0.15) is 5.10 Å². The number of H-pyrrole nitrogens is 2. The van der Waals surface area contributed by atoms with Crippen LogP contribution in [0.5, 0.6) is 5.75 Å². The van der Waals surface area contributed by atoms with E-state index in [2.05, 4.69) is 47.8 Å². The molecule has 9 nitrogen and oxygen atoms in total. The molecule has 6 rings (SSSR count). The van der Waals surface area contributed by atoms with Crippen LogP contribution < -0.4 is 10.1 Å². The summed E-state index contributed by atoms with van der Waals surface area (Å²) in [6.07, 6.45) is 2.41. The van der Waals surface area contributed by atoms with Crippen molar-refractivity contribution in [3.8, 4) is 16.9 Å². The summed E-state index contributed by atoms with van der Waals surface area (Å²) in [5.41, 5.74) is 5.47. The van der Waals surface area contributed by atoms with Crippen molar-refractivity contribution in [3.05, 3.63) is 41.2 Å². The number of hydrogen-bond acceptors (Lipinski definition) is 7. The molecule has 162 valence electrons. The van der Waals surface area contributed by atoms with E-state index < -0.39 is 0 Å². The third-order valence-corrected chi connectivity index (χ3v) is 6.03. The Balaban J connectivity index is 1.53. The summed E-state index contributed by atoms with van der Waals surface area (Å²) >= 11 is 0. The average molecular weight is 429 g/mol. The summed E-state index contributed by atoms with van der Waals surface area (Å²) in [6, 6.07) is 6.14. The minimum absolute atomic E-state index is 0.578. The van der Waals surface area contributed by atoms with E-state index in [1.807, 2.05) is 26.8 Å². The lowest BCUT2D eigenvalue weighted by molar-refractivity contribution is 0.393. The topological polar surface area (TPSA) is 118 Å². The van der Waals surface area contributed by atoms with E-state index in [0.717, 1.165) is 67.6 Å². The van der Waals surface area contributed by atoms with E-state index in [-0.39, 0.29) is 0 Å². The lowest BCUT2D eigenvalue weighted by Gasteiger charge is -2.10. The zero-order valence-corrected chi connectivity index (χ0v) is 18.3. The second-order valence-corrected chi connectivity index (χ2v) is 8.37. The van der Waals surface area contributed by atoms with Crippen molar-refractivity contribution in [2.45, 2.75) is 39.5 Å². The molecule has 5 aromatic rings. The Hall–Kier alpha value is -3.88. The number of aromatic nitrogens is 6. The van der Waals surface area contributed by atoms with E-state index in [0.29, 0.717) is 11.7 Å². The van der Waals surface area contributed by atoms with Crippen LogP contribution in [0.2, 0.25) is 0 Å². The van der Waals surface area contributed by atoms with Gasteiger partial charge in [-0.3, -0.25) is 5.10 Å². The van der Waals surface area contributed by atoms with Crippen LogP contribution in [0.1, 0.15) is 41.7 Å². The van der Waals surface area contributed by atoms with Gasteiger partial charge in [0, 0.05) is 28.5 Å². The lowest BCUT2D eigenvalue weighted by Crippen LogP contribution is -1.98. The maximum absolute atomic E-state index is 5.76. The highest BCUT2D eigenvalue weighted by Crippen LogP contribution is 2.42. The Morgan fingerprint density at radius 3 is 2.69 bits per heavy atom. The van der Waals surface area contributed by atoms with Gasteiger partial charge in [-0.25, -0.2) is 9.97 Å². The maximum Gasteiger partial charge on any atom is 0.145 e. The van der Waals surface area contributed by atoms with Crippen molar-refractivity contribution in [2.24, 2.45) is 0 Å². The molecule has 9 heteroatoms. The fourth-order valence-electron chi connectivity index (χ4n) is 4.38. The number of hydrogen-bond donors (Lipinski definition) is 3. The van der Waals surface area contributed by atoms with Crippen molar-refractivity contribution >= 4 is 33.6 Å². The number of methoxy groups -OCH3 is 1. The Morgan fingerprint density at radius 2 is 1.97 bits per heavy atom. The monoisotopic (exact) mass is 429 g/mol. The molecule has 1 aliphatic carbocycles. The van der Waals surface area contributed by atoms with Crippen LogP contribution in [0.25, 0.3) is 33.1 Å². The molecule has 1 saturated carbocycles. The zero-order chi connectivity index (χ0) is 22.0. The fourth-order valence-corrected chi connectivity index (χ4v) is 4.38. The van der Waals surface area contributed by atoms with Crippen LogP contribution in [0.15, 0.2) is 22.7 Å². The van der Waals surface area contributed by atoms with Crippen molar-refractivity contribution in [3.63, 3.8) is 0 Å². The largest absolute Gasteiger partial charge is 0.496 e. The van der Waals surface area contributed by atoms with Crippen LogP contribution in [0, 0.1) is 20.8 Å². The summed E-state index contributed by atoms with van der Waals surface area (Å²) in [5, 5.41) is 16.9. The quantitative estimate of drug-likeness (QED) is 0.358. The predicted molar refractivity (Wildman–Crippen MR) is 122 cm³/mol. The van der Waals surface area contributed by atoms with Crippen molar-refractivity contribution in [2.75, 3.05) is 12.4 Å². The number of aryl methyl sites for hydroxylation is 3. The predicted octanol–water partition coefficient (Wildman–Crippen LogP) is 5.04. The molecule has 4 heterocycles. The maximum atomic E-state index is 5.76. The number of ether oxygens (including phenoxy) is 1. The fraction of sp³-hybridized carbons (Fsp3) is 0.304. The molecule has 0 bridgehead atoms. The Bertz CT molecular complexity index is 1470. The number of fused-ring (bicyclic) bond motifs is 3. The van der Waals surface area contributed by atoms with Crippen molar-refractivity contribution in [1.82, 2.24) is 30.3 Å². The van der Waals surface area contributed by atoms with Crippen LogP contribution in [-0.2, 0) is 0 Å². The Kier molecular flexibility index (Phi) is 4.01. The van der Waals surface area contributed by atoms with Gasteiger partial charge >= 0.3 is 0 Å². The minimum atomic E-state index is 0.578. The molecular weight excluding hydrogens is 406 g/mol. The van der Waals surface area contributed by atoms with Gasteiger partial charge in [-0.15, -0.1) is 0 Å². The summed E-state index contributed by atoms with van der Waals surface area (Å²) in [7, 11) is 1.67. The number of benzene rings is 1. The Labute approximate surface area is 183 Å². The van der Waals surface area contributed by atoms with Crippen LogP contribution in [0.4, 0.5) is 11.6 Å². The van der Waals surface area contributed by atoms with Gasteiger partial charge < -0.3 is 19.6 Å². The van der Waals surface area contributed by atoms with E-state index in [9.17, 15) is 0 Å². The third-order valence-electron chi connectivity index (χ3n) is 6.03.